The van der Waals surface area contributed by atoms with Gasteiger partial charge < -0.3 is 30.8 Å². The van der Waals surface area contributed by atoms with Crippen LogP contribution in [0.2, 0.25) is 0 Å². The Kier molecular flexibility index (Phi) is 16.2. The van der Waals surface area contributed by atoms with Crippen LogP contribution in [0.5, 0.6) is 0 Å². The molecule has 0 bridgehead atoms. The fourth-order valence-corrected chi connectivity index (χ4v) is 7.89. The molecule has 1 atom stereocenters. The second kappa shape index (κ2) is 17.9. The van der Waals surface area contributed by atoms with Crippen LogP contribution in [-0.4, -0.2) is 134 Å². The predicted molar refractivity (Wildman–Crippen MR) is 169 cm³/mol. The van der Waals surface area contributed by atoms with Crippen LogP contribution in [0.1, 0.15) is 12.5 Å². The molecule has 1 aromatic rings. The number of anilines is 1. The third-order valence-electron chi connectivity index (χ3n) is 5.54. The van der Waals surface area contributed by atoms with Crippen LogP contribution in [0.3, 0.4) is 0 Å². The zero-order valence-corrected chi connectivity index (χ0v) is 28.2. The number of benzene rings is 1. The normalized spacial score (nSPS) is 12.0. The Balaban J connectivity index is 3.25. The van der Waals surface area contributed by atoms with Crippen molar-refractivity contribution < 1.29 is 54.3 Å². The molecule has 0 aliphatic heterocycles. The molecule has 0 heterocycles. The van der Waals surface area contributed by atoms with E-state index in [9.17, 15) is 44.1 Å². The maximum atomic E-state index is 12.4. The number of aliphatic carboxylic acids is 5. The lowest BCUT2D eigenvalue weighted by atomic mass is 10.0. The highest BCUT2D eigenvalue weighted by Gasteiger charge is 2.30. The summed E-state index contributed by atoms with van der Waals surface area (Å²) < 4.78 is 2.03. The van der Waals surface area contributed by atoms with Crippen LogP contribution >= 0.6 is 67.8 Å². The van der Waals surface area contributed by atoms with Gasteiger partial charge in [0.1, 0.15) is 6.04 Å². The van der Waals surface area contributed by atoms with E-state index in [1.54, 1.807) is 6.07 Å². The molecular formula is C23H29I3N4O11. The topological polar surface area (TPSA) is 225 Å². The molecule has 0 spiro atoms. The molecule has 0 fully saturated rings. The molecule has 228 valence electrons. The van der Waals surface area contributed by atoms with E-state index in [4.69, 9.17) is 10.2 Å². The van der Waals surface area contributed by atoms with E-state index in [1.807, 2.05) is 67.8 Å². The number of carbonyl (C=O) groups excluding carboxylic acids is 1. The molecular weight excluding hydrogens is 889 g/mol. The van der Waals surface area contributed by atoms with Crippen LogP contribution in [0.4, 0.5) is 5.69 Å². The molecule has 41 heavy (non-hydrogen) atoms. The number of hydrogen-bond acceptors (Lipinski definition) is 9. The van der Waals surface area contributed by atoms with E-state index in [1.165, 1.54) is 16.7 Å². The number of halogens is 3. The molecule has 0 aliphatic carbocycles. The number of rotatable bonds is 19. The second-order valence-corrected chi connectivity index (χ2v) is 12.2. The molecule has 1 aromatic carbocycles. The van der Waals surface area contributed by atoms with Crippen molar-refractivity contribution in [2.45, 2.75) is 19.4 Å². The SMILES string of the molecule is CC(=O)Nc1c(I)cc(I)c(CC(C(=O)O)N(CCN(CCN(CC(=O)O)CC(=O)O)CC(=O)O)CC(=O)O)c1I. The van der Waals surface area contributed by atoms with Gasteiger partial charge in [0, 0.05) is 50.2 Å². The zero-order valence-electron chi connectivity index (χ0n) is 21.7. The highest BCUT2D eigenvalue weighted by atomic mass is 127. The lowest BCUT2D eigenvalue weighted by Gasteiger charge is -2.31. The van der Waals surface area contributed by atoms with Crippen molar-refractivity contribution in [3.63, 3.8) is 0 Å². The van der Waals surface area contributed by atoms with Crippen molar-refractivity contribution in [3.05, 3.63) is 22.3 Å². The van der Waals surface area contributed by atoms with Gasteiger partial charge in [-0.3, -0.25) is 43.5 Å². The molecule has 0 radical (unpaired) electrons. The van der Waals surface area contributed by atoms with Crippen molar-refractivity contribution in [1.82, 2.24) is 14.7 Å². The van der Waals surface area contributed by atoms with Crippen LogP contribution in [0.15, 0.2) is 6.07 Å². The Morgan fingerprint density at radius 3 is 1.66 bits per heavy atom. The van der Waals surface area contributed by atoms with Gasteiger partial charge in [0.25, 0.3) is 0 Å². The quantitative estimate of drug-likeness (QED) is 0.105. The Morgan fingerprint density at radius 1 is 0.732 bits per heavy atom. The highest BCUT2D eigenvalue weighted by molar-refractivity contribution is 14.1. The van der Waals surface area contributed by atoms with Gasteiger partial charge >= 0.3 is 29.8 Å². The molecule has 6 N–H and O–H groups in total. The van der Waals surface area contributed by atoms with E-state index in [0.717, 1.165) is 8.47 Å². The number of carboxylic acids is 5. The number of nitrogens with zero attached hydrogens (tertiary/aromatic N) is 3. The van der Waals surface area contributed by atoms with Crippen molar-refractivity contribution in [3.8, 4) is 0 Å². The zero-order chi connectivity index (χ0) is 31.4. The van der Waals surface area contributed by atoms with Crippen molar-refractivity contribution in [1.29, 1.82) is 0 Å². The fourth-order valence-electron chi connectivity index (χ4n) is 3.80. The summed E-state index contributed by atoms with van der Waals surface area (Å²) in [7, 11) is 0. The summed E-state index contributed by atoms with van der Waals surface area (Å²) in [6.07, 6.45) is -0.118. The van der Waals surface area contributed by atoms with E-state index in [-0.39, 0.29) is 38.5 Å². The predicted octanol–water partition coefficient (Wildman–Crippen LogP) is 0.699. The Labute approximate surface area is 275 Å². The number of nitrogens with one attached hydrogen (secondary N) is 1. The number of carboxylic acid groups (broad SMARTS) is 5. The monoisotopic (exact) mass is 918 g/mol. The minimum Gasteiger partial charge on any atom is -0.480 e. The minimum absolute atomic E-state index is 0.0709. The maximum Gasteiger partial charge on any atom is 0.321 e. The van der Waals surface area contributed by atoms with E-state index < -0.39 is 62.1 Å². The summed E-state index contributed by atoms with van der Waals surface area (Å²) in [6, 6.07) is 0.430. The van der Waals surface area contributed by atoms with Crippen molar-refractivity contribution >= 4 is 109 Å². The van der Waals surface area contributed by atoms with Gasteiger partial charge in [0.2, 0.25) is 5.91 Å². The summed E-state index contributed by atoms with van der Waals surface area (Å²) in [5.74, 6) is -6.71. The summed E-state index contributed by atoms with van der Waals surface area (Å²) in [5, 5.41) is 49.7. The van der Waals surface area contributed by atoms with Crippen LogP contribution in [-0.2, 0) is 35.2 Å². The summed E-state index contributed by atoms with van der Waals surface area (Å²) in [6.45, 7) is -1.50. The summed E-state index contributed by atoms with van der Waals surface area (Å²) >= 11 is 6.07. The van der Waals surface area contributed by atoms with Gasteiger partial charge in [0.05, 0.1) is 31.9 Å². The largest absolute Gasteiger partial charge is 0.480 e. The van der Waals surface area contributed by atoms with Crippen LogP contribution in [0.25, 0.3) is 0 Å². The number of hydrogen-bond donors (Lipinski definition) is 6. The molecule has 18 heteroatoms. The smallest absolute Gasteiger partial charge is 0.321 e. The molecule has 1 rings (SSSR count). The molecule has 0 saturated heterocycles. The van der Waals surface area contributed by atoms with E-state index in [0.29, 0.717) is 18.4 Å². The average Bonchev–Trinajstić information content (AvgIpc) is 2.81. The van der Waals surface area contributed by atoms with Crippen molar-refractivity contribution in [2.75, 3.05) is 57.7 Å². The Bertz CT molecular complexity index is 1150. The first-order chi connectivity index (χ1) is 19.0. The third kappa shape index (κ3) is 13.8. The number of amides is 1. The first kappa shape index (κ1) is 37.1. The first-order valence-electron chi connectivity index (χ1n) is 11.7. The first-order valence-corrected chi connectivity index (χ1v) is 15.0. The minimum atomic E-state index is -1.33. The highest BCUT2D eigenvalue weighted by Crippen LogP contribution is 2.33. The summed E-state index contributed by atoms with van der Waals surface area (Å²) in [4.78, 5) is 73.0. The van der Waals surface area contributed by atoms with Gasteiger partial charge in [-0.15, -0.1) is 0 Å². The Hall–Kier alpha value is -1.89. The van der Waals surface area contributed by atoms with Gasteiger partial charge in [-0.1, -0.05) is 0 Å². The molecule has 0 saturated carbocycles. The summed E-state index contributed by atoms with van der Waals surface area (Å²) in [5.41, 5.74) is 1.08. The lowest BCUT2D eigenvalue weighted by molar-refractivity contribution is -0.147. The van der Waals surface area contributed by atoms with Gasteiger partial charge in [-0.25, -0.2) is 0 Å². The molecule has 0 aliphatic rings. The molecule has 1 unspecified atom stereocenters. The van der Waals surface area contributed by atoms with Crippen molar-refractivity contribution in [2.24, 2.45) is 0 Å². The Morgan fingerprint density at radius 2 is 1.20 bits per heavy atom. The third-order valence-corrected chi connectivity index (χ3v) is 8.54. The molecule has 15 nitrogen and oxygen atoms in total. The van der Waals surface area contributed by atoms with E-state index >= 15 is 0 Å². The molecule has 1 amide bonds. The van der Waals surface area contributed by atoms with Crippen LogP contribution < -0.4 is 5.32 Å². The van der Waals surface area contributed by atoms with Gasteiger partial charge in [0.15, 0.2) is 0 Å². The van der Waals surface area contributed by atoms with E-state index in [2.05, 4.69) is 5.32 Å². The average molecular weight is 918 g/mol. The maximum absolute atomic E-state index is 12.4. The second-order valence-electron chi connectivity index (χ2n) is 8.78. The number of carbonyl (C=O) groups is 6. The standard InChI is InChI=1S/C23H29I3N4O11/c1-12(31)27-22-15(25)7-14(24)13(21(22)26)6-16(23(40)41)30(11-20(38)39)5-4-28(8-17(32)33)2-3-29(9-18(34)35)10-19(36)37/h7,16H,2-6,8-11H2,1H3,(H,27,31)(H,32,33)(H,34,35)(H,36,37)(H,38,39)(H,40,41). The van der Waals surface area contributed by atoms with Crippen LogP contribution in [0, 0.1) is 10.7 Å². The molecule has 0 aromatic heterocycles. The van der Waals surface area contributed by atoms with Gasteiger partial charge in [-0.05, 0) is 79.4 Å². The lowest BCUT2D eigenvalue weighted by Crippen LogP contribution is -2.50. The van der Waals surface area contributed by atoms with Gasteiger partial charge in [-0.2, -0.15) is 0 Å². The fraction of sp³-hybridized carbons (Fsp3) is 0.478.